The molecule has 1 nitrogen and oxygen atoms in total. The van der Waals surface area contributed by atoms with E-state index in [2.05, 4.69) is 6.92 Å². The van der Waals surface area contributed by atoms with Gasteiger partial charge in [-0.05, 0) is 24.0 Å². The molecule has 0 fully saturated rings. The van der Waals surface area contributed by atoms with Gasteiger partial charge in [0, 0.05) is 0 Å². The van der Waals surface area contributed by atoms with Gasteiger partial charge in [0.05, 0.1) is 6.04 Å². The minimum absolute atomic E-state index is 0.238. The van der Waals surface area contributed by atoms with Crippen LogP contribution in [0, 0.1) is 0 Å². The van der Waals surface area contributed by atoms with Crippen LogP contribution in [-0.4, -0.2) is 12.5 Å². The Bertz CT molecular complexity index is 269. The van der Waals surface area contributed by atoms with Crippen molar-refractivity contribution in [3.05, 3.63) is 35.4 Å². The van der Waals surface area contributed by atoms with Gasteiger partial charge in [-0.15, -0.1) is 0 Å². The highest BCUT2D eigenvalue weighted by Gasteiger charge is 2.15. The molecule has 1 atom stereocenters. The van der Waals surface area contributed by atoms with E-state index in [0.29, 0.717) is 0 Å². The molecule has 1 aromatic rings. The molecule has 0 saturated heterocycles. The van der Waals surface area contributed by atoms with Crippen molar-refractivity contribution in [2.75, 3.05) is 0 Å². The number of nitrogens with two attached hydrogens (primary N) is 1. The van der Waals surface area contributed by atoms with Gasteiger partial charge in [-0.1, -0.05) is 31.2 Å². The minimum Gasteiger partial charge on any atom is -0.323 e. The van der Waals surface area contributed by atoms with E-state index in [9.17, 15) is 8.78 Å². The van der Waals surface area contributed by atoms with Crippen LogP contribution in [0.25, 0.3) is 0 Å². The topological polar surface area (TPSA) is 26.0 Å². The molecule has 1 unspecified atom stereocenters. The van der Waals surface area contributed by atoms with E-state index in [1.165, 1.54) is 5.56 Å². The van der Waals surface area contributed by atoms with Crippen LogP contribution in [0.5, 0.6) is 0 Å². The predicted octanol–water partition coefficient (Wildman–Crippen LogP) is 2.38. The maximum Gasteiger partial charge on any atom is 0.253 e. The fourth-order valence-electron chi connectivity index (χ4n) is 1.27. The van der Waals surface area contributed by atoms with Crippen LogP contribution in [0.3, 0.4) is 0 Å². The summed E-state index contributed by atoms with van der Waals surface area (Å²) in [4.78, 5) is 0. The van der Waals surface area contributed by atoms with Crippen molar-refractivity contribution in [3.8, 4) is 0 Å². The predicted molar refractivity (Wildman–Crippen MR) is 53.5 cm³/mol. The molecule has 0 spiro atoms. The molecule has 1 rings (SSSR count). The monoisotopic (exact) mass is 199 g/mol. The Morgan fingerprint density at radius 1 is 1.14 bits per heavy atom. The summed E-state index contributed by atoms with van der Waals surface area (Å²) >= 11 is 0. The lowest BCUT2D eigenvalue weighted by Gasteiger charge is -2.10. The lowest BCUT2D eigenvalue weighted by atomic mass is 10.0. The van der Waals surface area contributed by atoms with Gasteiger partial charge in [0.25, 0.3) is 6.43 Å². The highest BCUT2D eigenvalue weighted by Crippen LogP contribution is 2.09. The number of hydrogen-bond donors (Lipinski definition) is 1. The summed E-state index contributed by atoms with van der Waals surface area (Å²) in [5.74, 6) is 0. The van der Waals surface area contributed by atoms with Crippen LogP contribution in [0.2, 0.25) is 0 Å². The molecule has 3 heteroatoms. The molecule has 0 bridgehead atoms. The molecule has 0 aliphatic rings. The second-order valence-corrected chi connectivity index (χ2v) is 3.37. The van der Waals surface area contributed by atoms with Gasteiger partial charge in [0.15, 0.2) is 0 Å². The summed E-state index contributed by atoms with van der Waals surface area (Å²) in [6.45, 7) is 2.06. The number of halogens is 2. The fraction of sp³-hybridized carbons (Fsp3) is 0.455. The zero-order valence-corrected chi connectivity index (χ0v) is 8.21. The Balaban J connectivity index is 2.59. The summed E-state index contributed by atoms with van der Waals surface area (Å²) in [5, 5.41) is 0. The van der Waals surface area contributed by atoms with Crippen LogP contribution in [-0.2, 0) is 12.8 Å². The van der Waals surface area contributed by atoms with Gasteiger partial charge >= 0.3 is 0 Å². The van der Waals surface area contributed by atoms with Gasteiger partial charge in [-0.2, -0.15) is 0 Å². The molecular weight excluding hydrogens is 184 g/mol. The van der Waals surface area contributed by atoms with Crippen molar-refractivity contribution >= 4 is 0 Å². The first-order chi connectivity index (χ1) is 6.63. The van der Waals surface area contributed by atoms with Gasteiger partial charge in [-0.25, -0.2) is 8.78 Å². The normalized spacial score (nSPS) is 13.2. The van der Waals surface area contributed by atoms with E-state index in [1.54, 1.807) is 0 Å². The molecule has 0 heterocycles. The molecule has 78 valence electrons. The third kappa shape index (κ3) is 3.07. The first kappa shape index (κ1) is 11.1. The summed E-state index contributed by atoms with van der Waals surface area (Å²) in [6.07, 6.45) is -1.25. The average Bonchev–Trinajstić information content (AvgIpc) is 2.19. The van der Waals surface area contributed by atoms with Crippen molar-refractivity contribution in [1.82, 2.24) is 0 Å². The second-order valence-electron chi connectivity index (χ2n) is 3.37. The molecular formula is C11H15F2N. The molecule has 0 saturated carbocycles. The zero-order valence-electron chi connectivity index (χ0n) is 8.21. The highest BCUT2D eigenvalue weighted by molar-refractivity contribution is 5.23. The summed E-state index contributed by atoms with van der Waals surface area (Å²) < 4.78 is 24.3. The first-order valence-electron chi connectivity index (χ1n) is 4.75. The molecule has 0 aliphatic carbocycles. The minimum atomic E-state index is -2.44. The van der Waals surface area contributed by atoms with Gasteiger partial charge in [0.1, 0.15) is 0 Å². The zero-order chi connectivity index (χ0) is 10.6. The van der Waals surface area contributed by atoms with Crippen molar-refractivity contribution in [2.24, 2.45) is 5.73 Å². The Morgan fingerprint density at radius 2 is 1.64 bits per heavy atom. The lowest BCUT2D eigenvalue weighted by molar-refractivity contribution is 0.116. The van der Waals surface area contributed by atoms with Crippen LogP contribution in [0.4, 0.5) is 8.78 Å². The van der Waals surface area contributed by atoms with E-state index < -0.39 is 12.5 Å². The molecule has 2 N–H and O–H groups in total. The number of hydrogen-bond acceptors (Lipinski definition) is 1. The summed E-state index contributed by atoms with van der Waals surface area (Å²) in [6, 6.07) is 6.57. The Kier molecular flexibility index (Phi) is 4.01. The summed E-state index contributed by atoms with van der Waals surface area (Å²) in [5.41, 5.74) is 7.35. The number of alkyl halides is 2. The highest BCUT2D eigenvalue weighted by atomic mass is 19.3. The number of aryl methyl sites for hydroxylation is 1. The Hall–Kier alpha value is -0.960. The SMILES string of the molecule is CCc1ccc(CC(N)C(F)F)cc1. The number of rotatable bonds is 4. The van der Waals surface area contributed by atoms with Gasteiger partial charge in [-0.3, -0.25) is 0 Å². The molecule has 0 amide bonds. The van der Waals surface area contributed by atoms with E-state index >= 15 is 0 Å². The Morgan fingerprint density at radius 3 is 2.07 bits per heavy atom. The summed E-state index contributed by atoms with van der Waals surface area (Å²) in [7, 11) is 0. The van der Waals surface area contributed by atoms with Crippen molar-refractivity contribution in [2.45, 2.75) is 32.2 Å². The van der Waals surface area contributed by atoms with Crippen molar-refractivity contribution in [3.63, 3.8) is 0 Å². The van der Waals surface area contributed by atoms with Crippen LogP contribution in [0.1, 0.15) is 18.1 Å². The van der Waals surface area contributed by atoms with E-state index in [0.717, 1.165) is 12.0 Å². The third-order valence-corrected chi connectivity index (χ3v) is 2.23. The van der Waals surface area contributed by atoms with Crippen LogP contribution < -0.4 is 5.73 Å². The largest absolute Gasteiger partial charge is 0.323 e. The molecule has 14 heavy (non-hydrogen) atoms. The smallest absolute Gasteiger partial charge is 0.253 e. The van der Waals surface area contributed by atoms with E-state index in [1.807, 2.05) is 24.3 Å². The lowest BCUT2D eigenvalue weighted by Crippen LogP contribution is -2.30. The fourth-order valence-corrected chi connectivity index (χ4v) is 1.27. The van der Waals surface area contributed by atoms with Crippen LogP contribution in [0.15, 0.2) is 24.3 Å². The Labute approximate surface area is 82.9 Å². The molecule has 1 aromatic carbocycles. The van der Waals surface area contributed by atoms with Gasteiger partial charge < -0.3 is 5.73 Å². The first-order valence-corrected chi connectivity index (χ1v) is 4.75. The van der Waals surface area contributed by atoms with E-state index in [-0.39, 0.29) is 6.42 Å². The molecule has 0 radical (unpaired) electrons. The third-order valence-electron chi connectivity index (χ3n) is 2.23. The van der Waals surface area contributed by atoms with E-state index in [4.69, 9.17) is 5.73 Å². The average molecular weight is 199 g/mol. The quantitative estimate of drug-likeness (QED) is 0.791. The molecule has 0 aliphatic heterocycles. The van der Waals surface area contributed by atoms with Crippen molar-refractivity contribution < 1.29 is 8.78 Å². The second kappa shape index (κ2) is 5.05. The van der Waals surface area contributed by atoms with Gasteiger partial charge in [0.2, 0.25) is 0 Å². The molecule has 0 aromatic heterocycles. The standard InChI is InChI=1S/C11H15F2N/c1-2-8-3-5-9(6-4-8)7-10(14)11(12)13/h3-6,10-11H,2,7,14H2,1H3. The maximum absolute atomic E-state index is 12.1. The van der Waals surface area contributed by atoms with Crippen molar-refractivity contribution in [1.29, 1.82) is 0 Å². The van der Waals surface area contributed by atoms with Crippen LogP contribution >= 0.6 is 0 Å². The maximum atomic E-state index is 12.1. The number of benzene rings is 1.